The van der Waals surface area contributed by atoms with Crippen molar-refractivity contribution < 1.29 is 19.2 Å². The molecular formula is C20H26N4O4. The second kappa shape index (κ2) is 8.00. The molecule has 1 aromatic carbocycles. The molecule has 150 valence electrons. The first-order valence-electron chi connectivity index (χ1n) is 9.50. The Morgan fingerprint density at radius 1 is 1.25 bits per heavy atom. The van der Waals surface area contributed by atoms with Gasteiger partial charge in [0.25, 0.3) is 5.91 Å². The van der Waals surface area contributed by atoms with E-state index in [1.165, 1.54) is 11.9 Å². The maximum Gasteiger partial charge on any atom is 0.325 e. The molecule has 1 heterocycles. The molecule has 5 amide bonds. The molecule has 8 nitrogen and oxygen atoms in total. The number of aryl methyl sites for hydroxylation is 1. The fourth-order valence-corrected chi connectivity index (χ4v) is 3.16. The number of carbonyl (C=O) groups excluding carboxylic acids is 4. The zero-order valence-electron chi connectivity index (χ0n) is 16.2. The van der Waals surface area contributed by atoms with Gasteiger partial charge in [-0.3, -0.25) is 19.3 Å². The molecule has 1 aliphatic heterocycles. The number of nitrogens with one attached hydrogen (secondary N) is 2. The summed E-state index contributed by atoms with van der Waals surface area (Å²) in [6.07, 6.45) is 3.00. The Morgan fingerprint density at radius 2 is 1.93 bits per heavy atom. The van der Waals surface area contributed by atoms with Crippen molar-refractivity contribution >= 4 is 23.8 Å². The summed E-state index contributed by atoms with van der Waals surface area (Å²) in [6, 6.07) is 9.33. The van der Waals surface area contributed by atoms with Crippen molar-refractivity contribution in [2.24, 2.45) is 0 Å². The quantitative estimate of drug-likeness (QED) is 0.642. The van der Waals surface area contributed by atoms with Crippen LogP contribution in [-0.2, 0) is 20.8 Å². The van der Waals surface area contributed by atoms with Gasteiger partial charge in [-0.1, -0.05) is 30.3 Å². The lowest BCUT2D eigenvalue weighted by Gasteiger charge is -2.23. The van der Waals surface area contributed by atoms with Gasteiger partial charge in [-0.25, -0.2) is 4.79 Å². The van der Waals surface area contributed by atoms with Crippen molar-refractivity contribution in [2.75, 3.05) is 20.1 Å². The minimum Gasteiger partial charge on any atom is -0.352 e. The van der Waals surface area contributed by atoms with E-state index in [0.717, 1.165) is 23.3 Å². The number of hydrogen-bond acceptors (Lipinski definition) is 4. The van der Waals surface area contributed by atoms with Gasteiger partial charge in [-0.05, 0) is 38.2 Å². The van der Waals surface area contributed by atoms with E-state index in [-0.39, 0.29) is 25.0 Å². The summed E-state index contributed by atoms with van der Waals surface area (Å²) in [6.45, 7) is 1.20. The number of hydrogen-bond donors (Lipinski definition) is 2. The molecule has 0 unspecified atom stereocenters. The van der Waals surface area contributed by atoms with Crippen LogP contribution in [0.4, 0.5) is 4.79 Å². The Morgan fingerprint density at radius 3 is 2.57 bits per heavy atom. The smallest absolute Gasteiger partial charge is 0.325 e. The maximum atomic E-state index is 12.8. The molecule has 1 aliphatic carbocycles. The highest BCUT2D eigenvalue weighted by Gasteiger charge is 2.48. The fourth-order valence-electron chi connectivity index (χ4n) is 3.16. The Hall–Kier alpha value is -2.90. The molecule has 28 heavy (non-hydrogen) atoms. The van der Waals surface area contributed by atoms with Gasteiger partial charge < -0.3 is 15.5 Å². The molecule has 3 rings (SSSR count). The number of imide groups is 1. The van der Waals surface area contributed by atoms with Crippen LogP contribution in [0.1, 0.15) is 31.7 Å². The van der Waals surface area contributed by atoms with E-state index < -0.39 is 23.4 Å². The normalized spacial score (nSPS) is 21.4. The lowest BCUT2D eigenvalue weighted by Crippen LogP contribution is -2.47. The van der Waals surface area contributed by atoms with Gasteiger partial charge in [0.1, 0.15) is 12.1 Å². The van der Waals surface area contributed by atoms with Crippen molar-refractivity contribution in [1.82, 2.24) is 20.4 Å². The average molecular weight is 386 g/mol. The summed E-state index contributed by atoms with van der Waals surface area (Å²) in [4.78, 5) is 51.5. The lowest BCUT2D eigenvalue weighted by atomic mass is 9.93. The number of rotatable bonds is 8. The molecule has 1 aromatic rings. The van der Waals surface area contributed by atoms with Crippen LogP contribution in [0.25, 0.3) is 0 Å². The summed E-state index contributed by atoms with van der Waals surface area (Å²) in [5, 5.41) is 5.51. The number of urea groups is 1. The zero-order valence-corrected chi connectivity index (χ0v) is 16.2. The first kappa shape index (κ1) is 19.9. The summed E-state index contributed by atoms with van der Waals surface area (Å²) in [5.74, 6) is -1.11. The van der Waals surface area contributed by atoms with Gasteiger partial charge in [0.2, 0.25) is 11.8 Å². The number of benzene rings is 1. The molecule has 0 bridgehead atoms. The number of nitrogens with zero attached hydrogens (tertiary/aromatic N) is 2. The number of likely N-dealkylation sites (N-methyl/N-ethyl adjacent to an activating group) is 1. The second-order valence-corrected chi connectivity index (χ2v) is 7.73. The molecule has 1 saturated heterocycles. The number of carbonyl (C=O) groups is 4. The van der Waals surface area contributed by atoms with Gasteiger partial charge in [0.15, 0.2) is 0 Å². The number of amides is 5. The van der Waals surface area contributed by atoms with Crippen molar-refractivity contribution in [2.45, 2.75) is 44.2 Å². The lowest BCUT2D eigenvalue weighted by molar-refractivity contribution is -0.139. The first-order chi connectivity index (χ1) is 13.3. The molecule has 2 fully saturated rings. The van der Waals surface area contributed by atoms with Crippen molar-refractivity contribution in [1.29, 1.82) is 0 Å². The van der Waals surface area contributed by atoms with Gasteiger partial charge >= 0.3 is 6.03 Å². The van der Waals surface area contributed by atoms with Crippen LogP contribution < -0.4 is 10.6 Å². The molecule has 0 radical (unpaired) electrons. The van der Waals surface area contributed by atoms with Gasteiger partial charge in [-0.15, -0.1) is 0 Å². The Kier molecular flexibility index (Phi) is 5.67. The third kappa shape index (κ3) is 4.68. The zero-order chi connectivity index (χ0) is 20.3. The van der Waals surface area contributed by atoms with Crippen LogP contribution in [0, 0.1) is 0 Å². The van der Waals surface area contributed by atoms with Gasteiger partial charge in [0, 0.05) is 13.1 Å². The topological polar surface area (TPSA) is 98.8 Å². The van der Waals surface area contributed by atoms with E-state index in [2.05, 4.69) is 10.6 Å². The Balaban J connectivity index is 1.54. The molecule has 8 heteroatoms. The van der Waals surface area contributed by atoms with E-state index >= 15 is 0 Å². The minimum absolute atomic E-state index is 0.0930. The highest BCUT2D eigenvalue weighted by Crippen LogP contribution is 2.23. The molecule has 0 spiro atoms. The molecule has 2 aliphatic rings. The predicted molar refractivity (Wildman–Crippen MR) is 102 cm³/mol. The Bertz CT molecular complexity index is 778. The monoisotopic (exact) mass is 386 g/mol. The largest absolute Gasteiger partial charge is 0.352 e. The molecular weight excluding hydrogens is 360 g/mol. The summed E-state index contributed by atoms with van der Waals surface area (Å²) < 4.78 is 0. The SMILES string of the molecule is CN(CC(=O)NC1CC1)C(=O)CN1C(=O)N[C@](C)(CCc2ccccc2)C1=O. The van der Waals surface area contributed by atoms with Crippen molar-refractivity contribution in [3.05, 3.63) is 35.9 Å². The summed E-state index contributed by atoms with van der Waals surface area (Å²) in [7, 11) is 1.49. The standard InChI is InChI=1S/C20H26N4O4/c1-20(11-10-14-6-4-3-5-7-14)18(27)24(19(28)22-20)13-17(26)23(2)12-16(25)21-15-8-9-15/h3-7,15H,8-13H2,1-2H3,(H,21,25)(H,22,28)/t20-/m1/s1. The van der Waals surface area contributed by atoms with E-state index in [9.17, 15) is 19.2 Å². The first-order valence-corrected chi connectivity index (χ1v) is 9.50. The van der Waals surface area contributed by atoms with Gasteiger partial charge in [-0.2, -0.15) is 0 Å². The highest BCUT2D eigenvalue weighted by molar-refractivity contribution is 6.08. The maximum absolute atomic E-state index is 12.8. The molecule has 2 N–H and O–H groups in total. The van der Waals surface area contributed by atoms with Crippen LogP contribution >= 0.6 is 0 Å². The Labute approximate surface area is 164 Å². The highest BCUT2D eigenvalue weighted by atomic mass is 16.2. The van der Waals surface area contributed by atoms with Crippen LogP contribution in [0.5, 0.6) is 0 Å². The third-order valence-corrected chi connectivity index (χ3v) is 5.14. The second-order valence-electron chi connectivity index (χ2n) is 7.73. The average Bonchev–Trinajstić information content (AvgIpc) is 3.44. The van der Waals surface area contributed by atoms with Crippen molar-refractivity contribution in [3.63, 3.8) is 0 Å². The summed E-state index contributed by atoms with van der Waals surface area (Å²) >= 11 is 0. The minimum atomic E-state index is -1.05. The van der Waals surface area contributed by atoms with E-state index in [4.69, 9.17) is 0 Å². The third-order valence-electron chi connectivity index (χ3n) is 5.14. The summed E-state index contributed by atoms with van der Waals surface area (Å²) in [5.41, 5.74) is 0.0245. The van der Waals surface area contributed by atoms with Crippen LogP contribution in [0.3, 0.4) is 0 Å². The van der Waals surface area contributed by atoms with E-state index in [1.807, 2.05) is 30.3 Å². The fraction of sp³-hybridized carbons (Fsp3) is 0.500. The molecule has 0 aromatic heterocycles. The predicted octanol–water partition coefficient (Wildman–Crippen LogP) is 0.667. The van der Waals surface area contributed by atoms with Gasteiger partial charge in [0.05, 0.1) is 6.54 Å². The van der Waals surface area contributed by atoms with Crippen LogP contribution in [0.15, 0.2) is 30.3 Å². The van der Waals surface area contributed by atoms with E-state index in [1.54, 1.807) is 6.92 Å². The molecule has 1 atom stereocenters. The van der Waals surface area contributed by atoms with Crippen molar-refractivity contribution in [3.8, 4) is 0 Å². The molecule has 1 saturated carbocycles. The van der Waals surface area contributed by atoms with Crippen LogP contribution in [0.2, 0.25) is 0 Å². The van der Waals surface area contributed by atoms with Crippen LogP contribution in [-0.4, -0.2) is 65.3 Å². The van der Waals surface area contributed by atoms with E-state index in [0.29, 0.717) is 12.8 Å².